The number of piperidine rings is 1. The van der Waals surface area contributed by atoms with Crippen LogP contribution in [0.15, 0.2) is 48.5 Å². The molecule has 2 aromatic carbocycles. The van der Waals surface area contributed by atoms with Crippen molar-refractivity contribution in [2.24, 2.45) is 0 Å². The van der Waals surface area contributed by atoms with E-state index >= 15 is 0 Å². The number of halogens is 4. The molecule has 1 unspecified atom stereocenters. The summed E-state index contributed by atoms with van der Waals surface area (Å²) in [6.07, 6.45) is -2.37. The van der Waals surface area contributed by atoms with Gasteiger partial charge in [0.25, 0.3) is 0 Å². The van der Waals surface area contributed by atoms with Crippen molar-refractivity contribution in [3.8, 4) is 0 Å². The molecule has 2 aliphatic heterocycles. The Balaban J connectivity index is 1.45. The molecule has 2 aromatic rings. The van der Waals surface area contributed by atoms with Crippen LogP contribution >= 0.6 is 0 Å². The first-order valence-corrected chi connectivity index (χ1v) is 12.6. The average molecular weight is 524 g/mol. The fourth-order valence-corrected chi connectivity index (χ4v) is 5.19. The molecular formula is C27H33F4N3O3. The standard InChI is InChI=1S/C27H33F4N3O3/c28-23-15-20(14-22(16-23)27(29,30)31)24(18-35)37-19-26(21-6-2-1-3-7-21)8-12-34(13-9-26)32-25(36)17-33-10-4-5-11-33/h1-3,6-7,14-16,24,35H,4-5,8-13,17-19H2,(H,32,36). The van der Waals surface area contributed by atoms with Crippen LogP contribution in [0.3, 0.4) is 0 Å². The normalized spacial score (nSPS) is 19.6. The third kappa shape index (κ3) is 7.07. The van der Waals surface area contributed by atoms with E-state index in [2.05, 4.69) is 10.3 Å². The van der Waals surface area contributed by atoms with Gasteiger partial charge in [0.05, 0.1) is 25.3 Å². The van der Waals surface area contributed by atoms with Crippen LogP contribution in [0.25, 0.3) is 0 Å². The number of rotatable bonds is 9. The van der Waals surface area contributed by atoms with Gasteiger partial charge < -0.3 is 9.84 Å². The maximum atomic E-state index is 14.0. The van der Waals surface area contributed by atoms with Gasteiger partial charge in [0.2, 0.25) is 5.91 Å². The highest BCUT2D eigenvalue weighted by Crippen LogP contribution is 2.38. The molecule has 2 aliphatic rings. The summed E-state index contributed by atoms with van der Waals surface area (Å²) >= 11 is 0. The van der Waals surface area contributed by atoms with Gasteiger partial charge in [-0.3, -0.25) is 15.1 Å². The highest BCUT2D eigenvalue weighted by molar-refractivity contribution is 5.77. The lowest BCUT2D eigenvalue weighted by molar-refractivity contribution is -0.138. The summed E-state index contributed by atoms with van der Waals surface area (Å²) in [5.41, 5.74) is 2.32. The van der Waals surface area contributed by atoms with Crippen molar-refractivity contribution in [2.45, 2.75) is 43.4 Å². The molecule has 4 rings (SSSR count). The van der Waals surface area contributed by atoms with Crippen LogP contribution in [0.5, 0.6) is 0 Å². The van der Waals surface area contributed by atoms with Crippen LogP contribution in [-0.4, -0.2) is 66.9 Å². The summed E-state index contributed by atoms with van der Waals surface area (Å²) in [5.74, 6) is -1.08. The number of ether oxygens (including phenoxy) is 1. The lowest BCUT2D eigenvalue weighted by Crippen LogP contribution is -2.53. The van der Waals surface area contributed by atoms with Crippen molar-refractivity contribution in [3.63, 3.8) is 0 Å². The van der Waals surface area contributed by atoms with E-state index < -0.39 is 35.7 Å². The van der Waals surface area contributed by atoms with Gasteiger partial charge in [-0.15, -0.1) is 0 Å². The number of hydrogen-bond donors (Lipinski definition) is 2. The summed E-state index contributed by atoms with van der Waals surface area (Å²) in [6.45, 7) is 2.89. The average Bonchev–Trinajstić information content (AvgIpc) is 3.38. The van der Waals surface area contributed by atoms with E-state index in [0.717, 1.165) is 43.6 Å². The highest BCUT2D eigenvalue weighted by atomic mass is 19.4. The topological polar surface area (TPSA) is 65.0 Å². The Bertz CT molecular complexity index is 1040. The molecule has 0 saturated carbocycles. The van der Waals surface area contributed by atoms with Gasteiger partial charge in [0.1, 0.15) is 11.9 Å². The molecule has 2 fully saturated rings. The Labute approximate surface area is 214 Å². The van der Waals surface area contributed by atoms with Crippen LogP contribution in [-0.2, 0) is 21.1 Å². The van der Waals surface area contributed by atoms with E-state index in [9.17, 15) is 27.5 Å². The second kappa shape index (κ2) is 11.9. The Hall–Kier alpha value is -2.53. The zero-order valence-electron chi connectivity index (χ0n) is 20.6. The number of benzene rings is 2. The minimum atomic E-state index is -4.71. The fraction of sp³-hybridized carbons (Fsp3) is 0.519. The predicted molar refractivity (Wildman–Crippen MR) is 130 cm³/mol. The SMILES string of the molecule is O=C(CN1CCCC1)NN1CCC(COC(CO)c2cc(F)cc(C(F)(F)F)c2)(c2ccccc2)CC1. The summed E-state index contributed by atoms with van der Waals surface area (Å²) in [7, 11) is 0. The number of nitrogens with one attached hydrogen (secondary N) is 1. The minimum Gasteiger partial charge on any atom is -0.393 e. The van der Waals surface area contributed by atoms with Gasteiger partial charge in [-0.2, -0.15) is 13.2 Å². The molecule has 2 heterocycles. The van der Waals surface area contributed by atoms with E-state index in [1.165, 1.54) is 0 Å². The first kappa shape index (κ1) is 27.5. The smallest absolute Gasteiger partial charge is 0.393 e. The van der Waals surface area contributed by atoms with Gasteiger partial charge in [-0.05, 0) is 68.1 Å². The number of nitrogens with zero attached hydrogens (tertiary/aromatic N) is 2. The summed E-state index contributed by atoms with van der Waals surface area (Å²) < 4.78 is 59.6. The summed E-state index contributed by atoms with van der Waals surface area (Å²) in [6, 6.07) is 11.9. The number of aliphatic hydroxyl groups is 1. The molecule has 2 N–H and O–H groups in total. The van der Waals surface area contributed by atoms with Gasteiger partial charge in [-0.1, -0.05) is 30.3 Å². The Morgan fingerprint density at radius 1 is 1.05 bits per heavy atom. The minimum absolute atomic E-state index is 0.0442. The number of carbonyl (C=O) groups is 1. The number of likely N-dealkylation sites (tertiary alicyclic amines) is 1. The second-order valence-electron chi connectivity index (χ2n) is 9.90. The van der Waals surface area contributed by atoms with Gasteiger partial charge in [0, 0.05) is 18.5 Å². The van der Waals surface area contributed by atoms with E-state index in [1.807, 2.05) is 35.3 Å². The molecule has 0 aliphatic carbocycles. The third-order valence-corrected chi connectivity index (χ3v) is 7.30. The van der Waals surface area contributed by atoms with E-state index in [0.29, 0.717) is 38.5 Å². The van der Waals surface area contributed by atoms with Crippen molar-refractivity contribution in [1.29, 1.82) is 0 Å². The van der Waals surface area contributed by atoms with E-state index in [-0.39, 0.29) is 18.1 Å². The molecule has 202 valence electrons. The highest BCUT2D eigenvalue weighted by Gasteiger charge is 2.38. The number of carbonyl (C=O) groups excluding carboxylic acids is 1. The zero-order chi connectivity index (χ0) is 26.5. The molecule has 0 bridgehead atoms. The molecule has 2 saturated heterocycles. The zero-order valence-corrected chi connectivity index (χ0v) is 20.6. The number of amides is 1. The predicted octanol–water partition coefficient (Wildman–Crippen LogP) is 4.06. The molecule has 6 nitrogen and oxygen atoms in total. The van der Waals surface area contributed by atoms with Gasteiger partial charge in [-0.25, -0.2) is 9.40 Å². The lowest BCUT2D eigenvalue weighted by Gasteiger charge is -2.42. The van der Waals surface area contributed by atoms with Crippen LogP contribution in [0.1, 0.15) is 48.5 Å². The van der Waals surface area contributed by atoms with Crippen LogP contribution in [0, 0.1) is 5.82 Å². The van der Waals surface area contributed by atoms with Crippen molar-refractivity contribution < 1.29 is 32.2 Å². The van der Waals surface area contributed by atoms with Crippen molar-refractivity contribution in [1.82, 2.24) is 15.3 Å². The number of alkyl halides is 3. The number of aliphatic hydroxyl groups excluding tert-OH is 1. The van der Waals surface area contributed by atoms with Crippen LogP contribution in [0.2, 0.25) is 0 Å². The molecule has 37 heavy (non-hydrogen) atoms. The van der Waals surface area contributed by atoms with Crippen molar-refractivity contribution >= 4 is 5.91 Å². The quantitative estimate of drug-likeness (QED) is 0.486. The van der Waals surface area contributed by atoms with Crippen molar-refractivity contribution in [2.75, 3.05) is 45.9 Å². The molecule has 0 radical (unpaired) electrons. The van der Waals surface area contributed by atoms with E-state index in [1.54, 1.807) is 0 Å². The molecule has 1 amide bonds. The maximum absolute atomic E-state index is 14.0. The summed E-state index contributed by atoms with van der Waals surface area (Å²) in [5, 5.41) is 11.8. The van der Waals surface area contributed by atoms with Gasteiger partial charge in [0.15, 0.2) is 0 Å². The molecule has 10 heteroatoms. The first-order chi connectivity index (χ1) is 17.7. The van der Waals surface area contributed by atoms with E-state index in [4.69, 9.17) is 4.74 Å². The lowest BCUT2D eigenvalue weighted by atomic mass is 9.73. The first-order valence-electron chi connectivity index (χ1n) is 12.6. The molecular weight excluding hydrogens is 490 g/mol. The Morgan fingerprint density at radius 3 is 2.35 bits per heavy atom. The Morgan fingerprint density at radius 2 is 1.73 bits per heavy atom. The maximum Gasteiger partial charge on any atom is 0.416 e. The summed E-state index contributed by atoms with van der Waals surface area (Å²) in [4.78, 5) is 14.6. The molecule has 1 atom stereocenters. The monoisotopic (exact) mass is 523 g/mol. The van der Waals surface area contributed by atoms with Crippen molar-refractivity contribution in [3.05, 3.63) is 71.0 Å². The fourth-order valence-electron chi connectivity index (χ4n) is 5.19. The van der Waals surface area contributed by atoms with Crippen LogP contribution < -0.4 is 5.43 Å². The third-order valence-electron chi connectivity index (χ3n) is 7.30. The van der Waals surface area contributed by atoms with Crippen LogP contribution in [0.4, 0.5) is 17.6 Å². The number of hydrogen-bond acceptors (Lipinski definition) is 5. The number of hydrazine groups is 1. The van der Waals surface area contributed by atoms with Gasteiger partial charge >= 0.3 is 6.18 Å². The Kier molecular flexibility index (Phi) is 8.84. The second-order valence-corrected chi connectivity index (χ2v) is 9.90. The molecule has 0 aromatic heterocycles. The molecule has 0 spiro atoms. The largest absolute Gasteiger partial charge is 0.416 e.